The van der Waals surface area contributed by atoms with E-state index in [9.17, 15) is 5.26 Å². The lowest BCUT2D eigenvalue weighted by Crippen LogP contribution is -2.19. The minimum absolute atomic E-state index is 0.282. The molecule has 6 nitrogen and oxygen atoms in total. The summed E-state index contributed by atoms with van der Waals surface area (Å²) in [6.07, 6.45) is 3.51. The molecule has 0 aliphatic heterocycles. The lowest BCUT2D eigenvalue weighted by molar-refractivity contribution is 0.305. The zero-order valence-corrected chi connectivity index (χ0v) is 22.5. The molecule has 35 heavy (non-hydrogen) atoms. The van der Waals surface area contributed by atoms with Crippen LogP contribution in [0.5, 0.6) is 11.5 Å². The van der Waals surface area contributed by atoms with Crippen LogP contribution in [0.25, 0.3) is 0 Å². The van der Waals surface area contributed by atoms with E-state index in [1.807, 2.05) is 36.4 Å². The van der Waals surface area contributed by atoms with E-state index in [-0.39, 0.29) is 6.61 Å². The van der Waals surface area contributed by atoms with Gasteiger partial charge in [-0.2, -0.15) is 5.26 Å². The van der Waals surface area contributed by atoms with Gasteiger partial charge < -0.3 is 9.47 Å². The fourth-order valence-electron chi connectivity index (χ4n) is 3.28. The van der Waals surface area contributed by atoms with E-state index in [2.05, 4.69) is 48.5 Å². The normalized spacial score (nSPS) is 11.3. The lowest BCUT2D eigenvalue weighted by Gasteiger charge is -2.27. The second kappa shape index (κ2) is 12.3. The highest BCUT2D eigenvalue weighted by Gasteiger charge is 2.26. The topological polar surface area (TPSA) is 80.1 Å². The molecule has 0 amide bonds. The fourth-order valence-corrected chi connectivity index (χ4v) is 4.08. The van der Waals surface area contributed by atoms with Crippen molar-refractivity contribution in [1.29, 1.82) is 5.26 Å². The van der Waals surface area contributed by atoms with Gasteiger partial charge in [-0.3, -0.25) is 4.72 Å². The van der Waals surface area contributed by atoms with Crippen molar-refractivity contribution in [2.24, 2.45) is 0 Å². The predicted molar refractivity (Wildman–Crippen MR) is 144 cm³/mol. The Morgan fingerprint density at radius 1 is 1.09 bits per heavy atom. The van der Waals surface area contributed by atoms with Crippen molar-refractivity contribution in [3.8, 4) is 17.6 Å². The third kappa shape index (κ3) is 7.17. The first-order valence-electron chi connectivity index (χ1n) is 11.1. The van der Waals surface area contributed by atoms with E-state index in [0.717, 1.165) is 22.4 Å². The third-order valence-corrected chi connectivity index (χ3v) is 6.49. The summed E-state index contributed by atoms with van der Waals surface area (Å²) in [6, 6.07) is 13.7. The van der Waals surface area contributed by atoms with Gasteiger partial charge in [0.2, 0.25) is 5.95 Å². The molecule has 9 heteroatoms. The van der Waals surface area contributed by atoms with Crippen LogP contribution < -0.4 is 14.2 Å². The van der Waals surface area contributed by atoms with Crippen molar-refractivity contribution in [2.45, 2.75) is 45.0 Å². The van der Waals surface area contributed by atoms with Gasteiger partial charge in [0.25, 0.3) is 0 Å². The van der Waals surface area contributed by atoms with Crippen LogP contribution >= 0.6 is 35.1 Å². The van der Waals surface area contributed by atoms with Crippen molar-refractivity contribution >= 4 is 41.1 Å². The number of benzene rings is 2. The van der Waals surface area contributed by atoms with Crippen molar-refractivity contribution in [3.05, 3.63) is 76.1 Å². The number of hydrogen-bond donors (Lipinski definition) is 1. The Hall–Kier alpha value is -2.66. The molecule has 0 spiro atoms. The molecular weight excluding hydrogens is 503 g/mol. The molecule has 0 aliphatic rings. The summed E-state index contributed by atoms with van der Waals surface area (Å²) in [4.78, 5) is 8.63. The average Bonchev–Trinajstić information content (AvgIpc) is 2.85. The molecule has 1 N–H and O–H groups in total. The van der Waals surface area contributed by atoms with E-state index in [0.29, 0.717) is 40.0 Å². The Bertz CT molecular complexity index is 1160. The molecule has 0 radical (unpaired) electrons. The number of anilines is 1. The number of hydrogen-bond acceptors (Lipinski definition) is 7. The Morgan fingerprint density at radius 2 is 1.77 bits per heavy atom. The van der Waals surface area contributed by atoms with Crippen molar-refractivity contribution < 1.29 is 9.47 Å². The molecule has 3 aromatic rings. The highest BCUT2D eigenvalue weighted by Crippen LogP contribution is 2.38. The van der Waals surface area contributed by atoms with Gasteiger partial charge in [0.15, 0.2) is 5.75 Å². The Balaban J connectivity index is 1.69. The number of alkyl halides is 1. The molecule has 3 rings (SSSR count). The Kier molecular flexibility index (Phi) is 9.50. The summed E-state index contributed by atoms with van der Waals surface area (Å²) in [7, 11) is 0. The second-order valence-electron chi connectivity index (χ2n) is 8.61. The first-order valence-corrected chi connectivity index (χ1v) is 12.9. The van der Waals surface area contributed by atoms with Crippen LogP contribution in [0.3, 0.4) is 0 Å². The fraction of sp³-hybridized carbons (Fsp3) is 0.346. The van der Waals surface area contributed by atoms with Crippen LogP contribution in [0.15, 0.2) is 48.8 Å². The number of aromatic nitrogens is 2. The highest BCUT2D eigenvalue weighted by atomic mass is 35.5. The third-order valence-electron chi connectivity index (χ3n) is 5.28. The number of rotatable bonds is 11. The summed E-state index contributed by atoms with van der Waals surface area (Å²) in [5.74, 6) is 2.00. The van der Waals surface area contributed by atoms with Gasteiger partial charge >= 0.3 is 0 Å². The highest BCUT2D eigenvalue weighted by molar-refractivity contribution is 8.01. The molecule has 0 saturated carbocycles. The van der Waals surface area contributed by atoms with Gasteiger partial charge in [-0.25, -0.2) is 9.97 Å². The number of nitriles is 1. The van der Waals surface area contributed by atoms with Gasteiger partial charge in [0.1, 0.15) is 25.0 Å². The predicted octanol–water partition coefficient (Wildman–Crippen LogP) is 6.99. The summed E-state index contributed by atoms with van der Waals surface area (Å²) in [6.45, 7) is 9.01. The smallest absolute Gasteiger partial charge is 0.232 e. The summed E-state index contributed by atoms with van der Waals surface area (Å²) in [5, 5.41) is 10.4. The van der Waals surface area contributed by atoms with Crippen LogP contribution in [-0.2, 0) is 12.0 Å². The number of halogens is 2. The molecular formula is C26H28Cl2N4O2S. The van der Waals surface area contributed by atoms with E-state index >= 15 is 0 Å². The van der Waals surface area contributed by atoms with E-state index in [1.54, 1.807) is 24.3 Å². The SMILES string of the molecule is CC(C)SNc1ncc(COc2ccc(C(C)(C)c3cc(Cl)c(OCCCl)c(C#N)c3)cc2)cn1. The molecule has 0 saturated heterocycles. The zero-order valence-electron chi connectivity index (χ0n) is 20.1. The van der Waals surface area contributed by atoms with E-state index in [4.69, 9.17) is 32.7 Å². The monoisotopic (exact) mass is 530 g/mol. The van der Waals surface area contributed by atoms with Crippen molar-refractivity contribution in [2.75, 3.05) is 17.2 Å². The number of nitrogens with zero attached hydrogens (tertiary/aromatic N) is 3. The maximum Gasteiger partial charge on any atom is 0.232 e. The maximum atomic E-state index is 9.60. The summed E-state index contributed by atoms with van der Waals surface area (Å²) < 4.78 is 14.6. The van der Waals surface area contributed by atoms with Crippen LogP contribution in [0.1, 0.15) is 49.9 Å². The standard InChI is InChI=1S/C26H28Cl2N4O2S/c1-17(2)35-32-25-30-14-18(15-31-25)16-34-22-7-5-20(6-8-22)26(3,4)21-11-19(13-29)24(23(28)12-21)33-10-9-27/h5-8,11-12,14-15,17H,9-10,16H2,1-4H3,(H,30,31,32). The molecule has 0 aliphatic carbocycles. The van der Waals surface area contributed by atoms with Crippen LogP contribution in [0.4, 0.5) is 5.95 Å². The maximum absolute atomic E-state index is 9.60. The van der Waals surface area contributed by atoms with E-state index in [1.165, 1.54) is 0 Å². The number of ether oxygens (including phenoxy) is 2. The minimum atomic E-state index is -0.399. The first kappa shape index (κ1) is 26.9. The van der Waals surface area contributed by atoms with Gasteiger partial charge in [-0.15, -0.1) is 11.6 Å². The number of nitrogens with one attached hydrogen (secondary N) is 1. The molecule has 1 aromatic heterocycles. The van der Waals surface area contributed by atoms with E-state index < -0.39 is 5.41 Å². The zero-order chi connectivity index (χ0) is 25.4. The van der Waals surface area contributed by atoms with Gasteiger partial charge in [-0.05, 0) is 47.3 Å². The molecule has 0 fully saturated rings. The summed E-state index contributed by atoms with van der Waals surface area (Å²) >= 11 is 13.7. The minimum Gasteiger partial charge on any atom is -0.489 e. The van der Waals surface area contributed by atoms with Crippen LogP contribution in [-0.4, -0.2) is 27.7 Å². The lowest BCUT2D eigenvalue weighted by atomic mass is 9.77. The van der Waals surface area contributed by atoms with Crippen LogP contribution in [0.2, 0.25) is 5.02 Å². The molecule has 0 bridgehead atoms. The Labute approximate surface area is 221 Å². The van der Waals surface area contributed by atoms with Crippen molar-refractivity contribution in [1.82, 2.24) is 9.97 Å². The largest absolute Gasteiger partial charge is 0.489 e. The van der Waals surface area contributed by atoms with Gasteiger partial charge in [0.05, 0.1) is 16.5 Å². The Morgan fingerprint density at radius 3 is 2.37 bits per heavy atom. The molecule has 184 valence electrons. The summed E-state index contributed by atoms with van der Waals surface area (Å²) in [5.41, 5.74) is 2.83. The second-order valence-corrected chi connectivity index (χ2v) is 10.8. The molecule has 0 unspecified atom stereocenters. The molecule has 0 atom stereocenters. The molecule has 2 aromatic carbocycles. The van der Waals surface area contributed by atoms with Gasteiger partial charge in [-0.1, -0.05) is 51.4 Å². The first-order chi connectivity index (χ1) is 16.7. The van der Waals surface area contributed by atoms with Crippen LogP contribution in [0, 0.1) is 11.3 Å². The quantitative estimate of drug-likeness (QED) is 0.211. The van der Waals surface area contributed by atoms with Gasteiger partial charge in [0, 0.05) is 28.6 Å². The average molecular weight is 532 g/mol. The molecule has 1 heterocycles. The van der Waals surface area contributed by atoms with Crippen molar-refractivity contribution in [3.63, 3.8) is 0 Å².